The number of pyridine rings is 1. The molecular weight excluding hydrogens is 256 g/mol. The topological polar surface area (TPSA) is 48.1 Å². The molecule has 0 saturated heterocycles. The lowest BCUT2D eigenvalue weighted by molar-refractivity contribution is 0.480. The third kappa shape index (κ3) is 2.93. The quantitative estimate of drug-likeness (QED) is 0.865. The van der Waals surface area contributed by atoms with Gasteiger partial charge in [0.05, 0.1) is 11.2 Å². The van der Waals surface area contributed by atoms with Crippen LogP contribution in [0.1, 0.15) is 5.56 Å². The predicted molar refractivity (Wildman–Crippen MR) is 71.7 cm³/mol. The van der Waals surface area contributed by atoms with Gasteiger partial charge in [0.25, 0.3) is 0 Å². The Balaban J connectivity index is 2.26. The first-order valence-electron chi connectivity index (χ1n) is 4.84. The maximum atomic E-state index is 6.06. The van der Waals surface area contributed by atoms with E-state index in [-0.39, 0.29) is 0 Å². The molecule has 1 aromatic carbocycles. The van der Waals surface area contributed by atoms with Gasteiger partial charge < -0.3 is 10.5 Å². The van der Waals surface area contributed by atoms with Crippen LogP contribution >= 0.6 is 23.8 Å². The summed E-state index contributed by atoms with van der Waals surface area (Å²) in [5, 5.41) is 0.458. The molecule has 0 aliphatic rings. The molecule has 0 amide bonds. The zero-order valence-corrected chi connectivity index (χ0v) is 10.3. The first kappa shape index (κ1) is 11.8. The Hall–Kier alpha value is -1.65. The second-order valence-corrected chi connectivity index (χ2v) is 4.15. The largest absolute Gasteiger partial charge is 0.454 e. The number of rotatable bonds is 3. The fourth-order valence-electron chi connectivity index (χ4n) is 1.27. The van der Waals surface area contributed by atoms with Crippen molar-refractivity contribution in [3.05, 3.63) is 53.3 Å². The minimum Gasteiger partial charge on any atom is -0.454 e. The van der Waals surface area contributed by atoms with Crippen molar-refractivity contribution in [1.29, 1.82) is 0 Å². The van der Waals surface area contributed by atoms with Crippen molar-refractivity contribution in [2.45, 2.75) is 0 Å². The minimum absolute atomic E-state index is 0.305. The van der Waals surface area contributed by atoms with E-state index in [1.165, 1.54) is 0 Å². The lowest BCUT2D eigenvalue weighted by atomic mass is 10.2. The van der Waals surface area contributed by atoms with Crippen LogP contribution in [0.2, 0.25) is 5.02 Å². The number of nitrogens with two attached hydrogens (primary N) is 1. The summed E-state index contributed by atoms with van der Waals surface area (Å²) in [4.78, 5) is 4.25. The van der Waals surface area contributed by atoms with Crippen LogP contribution in [0.15, 0.2) is 42.7 Å². The molecule has 2 aromatic rings. The van der Waals surface area contributed by atoms with Crippen LogP contribution in [0.25, 0.3) is 0 Å². The summed E-state index contributed by atoms with van der Waals surface area (Å²) >= 11 is 10.9. The summed E-state index contributed by atoms with van der Waals surface area (Å²) in [6, 6.07) is 8.75. The molecule has 0 saturated carbocycles. The van der Waals surface area contributed by atoms with E-state index in [4.69, 9.17) is 34.3 Å². The molecule has 0 radical (unpaired) electrons. The minimum atomic E-state index is 0.305. The van der Waals surface area contributed by atoms with Gasteiger partial charge in [-0.05, 0) is 30.3 Å². The predicted octanol–water partition coefficient (Wildman–Crippen LogP) is 3.16. The van der Waals surface area contributed by atoms with Gasteiger partial charge in [-0.2, -0.15) is 0 Å². The summed E-state index contributed by atoms with van der Waals surface area (Å²) in [5.74, 6) is 1.16. The molecule has 0 unspecified atom stereocenters. The molecule has 2 N–H and O–H groups in total. The van der Waals surface area contributed by atoms with Crippen molar-refractivity contribution < 1.29 is 4.74 Å². The standard InChI is InChI=1S/C12H9ClN2OS/c13-10-6-8(12(14)17)3-4-11(10)16-9-2-1-5-15-7-9/h1-7H,(H2,14,17). The van der Waals surface area contributed by atoms with Crippen molar-refractivity contribution in [3.8, 4) is 11.5 Å². The van der Waals surface area contributed by atoms with Crippen LogP contribution in [0.4, 0.5) is 0 Å². The van der Waals surface area contributed by atoms with Crippen LogP contribution in [0.3, 0.4) is 0 Å². The van der Waals surface area contributed by atoms with Crippen molar-refractivity contribution in [3.63, 3.8) is 0 Å². The number of aromatic nitrogens is 1. The molecule has 0 atom stereocenters. The zero-order valence-electron chi connectivity index (χ0n) is 8.76. The average Bonchev–Trinajstić information content (AvgIpc) is 2.33. The van der Waals surface area contributed by atoms with Crippen LogP contribution in [-0.2, 0) is 0 Å². The Morgan fingerprint density at radius 2 is 2.18 bits per heavy atom. The normalized spacial score (nSPS) is 9.94. The molecule has 0 aliphatic heterocycles. The van der Waals surface area contributed by atoms with Crippen LogP contribution < -0.4 is 10.5 Å². The van der Waals surface area contributed by atoms with Gasteiger partial charge in [-0.3, -0.25) is 4.98 Å². The van der Waals surface area contributed by atoms with E-state index in [1.807, 2.05) is 0 Å². The van der Waals surface area contributed by atoms with E-state index in [0.29, 0.717) is 27.1 Å². The third-order valence-electron chi connectivity index (χ3n) is 2.08. The number of hydrogen-bond donors (Lipinski definition) is 1. The number of thiocarbonyl (C=S) groups is 1. The van der Waals surface area contributed by atoms with Crippen LogP contribution in [0, 0.1) is 0 Å². The van der Waals surface area contributed by atoms with Crippen molar-refractivity contribution in [2.24, 2.45) is 5.73 Å². The van der Waals surface area contributed by atoms with E-state index >= 15 is 0 Å². The van der Waals surface area contributed by atoms with Gasteiger partial charge >= 0.3 is 0 Å². The van der Waals surface area contributed by atoms with Crippen molar-refractivity contribution >= 4 is 28.8 Å². The van der Waals surface area contributed by atoms with Gasteiger partial charge in [0.1, 0.15) is 16.5 Å². The van der Waals surface area contributed by atoms with Gasteiger partial charge in [0.15, 0.2) is 0 Å². The second kappa shape index (κ2) is 5.12. The first-order valence-corrected chi connectivity index (χ1v) is 5.62. The van der Waals surface area contributed by atoms with E-state index in [9.17, 15) is 0 Å². The van der Waals surface area contributed by atoms with Gasteiger partial charge in [-0.15, -0.1) is 0 Å². The molecule has 0 bridgehead atoms. The maximum absolute atomic E-state index is 6.06. The summed E-state index contributed by atoms with van der Waals surface area (Å²) in [7, 11) is 0. The summed E-state index contributed by atoms with van der Waals surface area (Å²) in [5.41, 5.74) is 6.22. The SMILES string of the molecule is NC(=S)c1ccc(Oc2cccnc2)c(Cl)c1. The van der Waals surface area contributed by atoms with Crippen molar-refractivity contribution in [1.82, 2.24) is 4.98 Å². The average molecular weight is 265 g/mol. The van der Waals surface area contributed by atoms with Crippen LogP contribution in [-0.4, -0.2) is 9.97 Å². The Morgan fingerprint density at radius 1 is 1.35 bits per heavy atom. The molecular formula is C12H9ClN2OS. The lowest BCUT2D eigenvalue weighted by Gasteiger charge is -2.08. The van der Waals surface area contributed by atoms with Crippen molar-refractivity contribution in [2.75, 3.05) is 0 Å². The van der Waals surface area contributed by atoms with Gasteiger partial charge in [0, 0.05) is 11.8 Å². The molecule has 0 spiro atoms. The highest BCUT2D eigenvalue weighted by molar-refractivity contribution is 7.80. The number of hydrogen-bond acceptors (Lipinski definition) is 3. The second-order valence-electron chi connectivity index (χ2n) is 3.30. The molecule has 2 rings (SSSR count). The highest BCUT2D eigenvalue weighted by Crippen LogP contribution is 2.29. The molecule has 0 fully saturated rings. The van der Waals surface area contributed by atoms with Gasteiger partial charge in [0.2, 0.25) is 0 Å². The third-order valence-corrected chi connectivity index (χ3v) is 2.61. The maximum Gasteiger partial charge on any atom is 0.146 e. The van der Waals surface area contributed by atoms with Gasteiger partial charge in [-0.25, -0.2) is 0 Å². The number of nitrogens with zero attached hydrogens (tertiary/aromatic N) is 1. The Morgan fingerprint density at radius 3 is 2.76 bits per heavy atom. The number of ether oxygens (including phenoxy) is 1. The molecule has 86 valence electrons. The Bertz CT molecular complexity index is 545. The van der Waals surface area contributed by atoms with E-state index in [0.717, 1.165) is 0 Å². The Kier molecular flexibility index (Phi) is 3.56. The molecule has 1 heterocycles. The smallest absolute Gasteiger partial charge is 0.146 e. The summed E-state index contributed by atoms with van der Waals surface area (Å²) < 4.78 is 5.57. The molecule has 3 nitrogen and oxygen atoms in total. The number of benzene rings is 1. The molecule has 17 heavy (non-hydrogen) atoms. The van der Waals surface area contributed by atoms with Gasteiger partial charge in [-0.1, -0.05) is 23.8 Å². The Labute approximate surface area is 109 Å². The molecule has 0 aliphatic carbocycles. The lowest BCUT2D eigenvalue weighted by Crippen LogP contribution is -2.08. The highest BCUT2D eigenvalue weighted by atomic mass is 35.5. The highest BCUT2D eigenvalue weighted by Gasteiger charge is 2.05. The van der Waals surface area contributed by atoms with Crippen LogP contribution in [0.5, 0.6) is 11.5 Å². The fraction of sp³-hybridized carbons (Fsp3) is 0. The summed E-state index contributed by atoms with van der Waals surface area (Å²) in [6.45, 7) is 0. The zero-order chi connectivity index (χ0) is 12.3. The first-order chi connectivity index (χ1) is 8.16. The monoisotopic (exact) mass is 264 g/mol. The number of halogens is 1. The fourth-order valence-corrected chi connectivity index (χ4v) is 1.62. The van der Waals surface area contributed by atoms with E-state index < -0.39 is 0 Å². The van der Waals surface area contributed by atoms with E-state index in [2.05, 4.69) is 4.98 Å². The van der Waals surface area contributed by atoms with E-state index in [1.54, 1.807) is 42.7 Å². The molecule has 1 aromatic heterocycles. The summed E-state index contributed by atoms with van der Waals surface area (Å²) in [6.07, 6.45) is 3.28. The molecule has 5 heteroatoms.